The van der Waals surface area contributed by atoms with Gasteiger partial charge < -0.3 is 19.5 Å². The first-order valence-corrected chi connectivity index (χ1v) is 7.07. The molecule has 0 spiro atoms. The van der Waals surface area contributed by atoms with Crippen LogP contribution in [0.3, 0.4) is 0 Å². The van der Waals surface area contributed by atoms with Crippen molar-refractivity contribution >= 4 is 5.91 Å². The van der Waals surface area contributed by atoms with Crippen LogP contribution in [-0.4, -0.2) is 32.3 Å². The Morgan fingerprint density at radius 2 is 2.05 bits per heavy atom. The molecule has 5 heteroatoms. The number of nitrogens with one attached hydrogen (secondary N) is 1. The molecule has 2 aliphatic heterocycles. The molecule has 1 aromatic carbocycles. The molecule has 1 unspecified atom stereocenters. The fraction of sp³-hybridized carbons (Fsp3) is 0.533. The van der Waals surface area contributed by atoms with E-state index in [2.05, 4.69) is 5.32 Å². The number of carbonyl (C=O) groups excluding carboxylic acids is 1. The predicted octanol–water partition coefficient (Wildman–Crippen LogP) is 1.50. The van der Waals surface area contributed by atoms with Gasteiger partial charge in [0.2, 0.25) is 5.91 Å². The third-order valence-electron chi connectivity index (χ3n) is 3.58. The monoisotopic (exact) mass is 277 g/mol. The van der Waals surface area contributed by atoms with Gasteiger partial charge in [-0.05, 0) is 24.1 Å². The molecule has 108 valence electrons. The summed E-state index contributed by atoms with van der Waals surface area (Å²) in [5.74, 6) is 1.60. The van der Waals surface area contributed by atoms with Crippen LogP contribution >= 0.6 is 0 Å². The molecule has 20 heavy (non-hydrogen) atoms. The summed E-state index contributed by atoms with van der Waals surface area (Å²) in [6.45, 7) is 3.08. The summed E-state index contributed by atoms with van der Waals surface area (Å²) in [7, 11) is 0. The number of fused-ring (bicyclic) bond motifs is 1. The summed E-state index contributed by atoms with van der Waals surface area (Å²) >= 11 is 0. The zero-order chi connectivity index (χ0) is 13.8. The highest BCUT2D eigenvalue weighted by molar-refractivity contribution is 5.79. The zero-order valence-corrected chi connectivity index (χ0v) is 11.4. The molecule has 3 rings (SSSR count). The highest BCUT2D eigenvalue weighted by Crippen LogP contribution is 2.30. The molecule has 1 fully saturated rings. The van der Waals surface area contributed by atoms with Crippen LogP contribution in [0.15, 0.2) is 18.2 Å². The van der Waals surface area contributed by atoms with Crippen LogP contribution in [0.1, 0.15) is 18.4 Å². The van der Waals surface area contributed by atoms with Crippen LogP contribution in [0.25, 0.3) is 0 Å². The van der Waals surface area contributed by atoms with Crippen molar-refractivity contribution < 1.29 is 19.0 Å². The Bertz CT molecular complexity index is 483. The molecule has 0 saturated carbocycles. The van der Waals surface area contributed by atoms with E-state index in [1.54, 1.807) is 0 Å². The second-order valence-electron chi connectivity index (χ2n) is 5.11. The minimum atomic E-state index is -0.00425. The number of benzene rings is 1. The molecule has 5 nitrogen and oxygen atoms in total. The van der Waals surface area contributed by atoms with E-state index in [1.165, 1.54) is 0 Å². The SMILES string of the molecule is O=C(NCc1ccc2c(c1)OCCCO2)C1CCOC1. The summed E-state index contributed by atoms with van der Waals surface area (Å²) < 4.78 is 16.4. The highest BCUT2D eigenvalue weighted by Gasteiger charge is 2.23. The van der Waals surface area contributed by atoms with Gasteiger partial charge in [-0.3, -0.25) is 4.79 Å². The van der Waals surface area contributed by atoms with Crippen LogP contribution < -0.4 is 14.8 Å². The summed E-state index contributed by atoms with van der Waals surface area (Å²) in [4.78, 5) is 11.9. The Balaban J connectivity index is 1.60. The third-order valence-corrected chi connectivity index (χ3v) is 3.58. The molecule has 0 radical (unpaired) electrons. The molecule has 1 saturated heterocycles. The lowest BCUT2D eigenvalue weighted by atomic mass is 10.1. The molecule has 1 N–H and O–H groups in total. The normalized spacial score (nSPS) is 21.3. The summed E-state index contributed by atoms with van der Waals surface area (Å²) in [6, 6.07) is 5.80. The Labute approximate surface area is 118 Å². The quantitative estimate of drug-likeness (QED) is 0.909. The Morgan fingerprint density at radius 3 is 2.85 bits per heavy atom. The molecular weight excluding hydrogens is 258 g/mol. The van der Waals surface area contributed by atoms with Crippen molar-refractivity contribution in [1.29, 1.82) is 0 Å². The Kier molecular flexibility index (Phi) is 4.06. The van der Waals surface area contributed by atoms with E-state index in [0.717, 1.165) is 29.9 Å². The second kappa shape index (κ2) is 6.13. The minimum Gasteiger partial charge on any atom is -0.490 e. The number of hydrogen-bond acceptors (Lipinski definition) is 4. The van der Waals surface area contributed by atoms with Crippen molar-refractivity contribution in [3.05, 3.63) is 23.8 Å². The van der Waals surface area contributed by atoms with Gasteiger partial charge in [-0.15, -0.1) is 0 Å². The van der Waals surface area contributed by atoms with E-state index < -0.39 is 0 Å². The van der Waals surface area contributed by atoms with E-state index >= 15 is 0 Å². The number of amides is 1. The van der Waals surface area contributed by atoms with Gasteiger partial charge in [0, 0.05) is 19.6 Å². The molecule has 1 atom stereocenters. The lowest BCUT2D eigenvalue weighted by Crippen LogP contribution is -2.30. The van der Waals surface area contributed by atoms with Gasteiger partial charge in [0.25, 0.3) is 0 Å². The third kappa shape index (κ3) is 3.04. The fourth-order valence-corrected chi connectivity index (χ4v) is 2.39. The van der Waals surface area contributed by atoms with E-state index in [1.807, 2.05) is 18.2 Å². The van der Waals surface area contributed by atoms with Gasteiger partial charge in [0.15, 0.2) is 11.5 Å². The van der Waals surface area contributed by atoms with Gasteiger partial charge in [-0.1, -0.05) is 6.07 Å². The first-order valence-electron chi connectivity index (χ1n) is 7.07. The van der Waals surface area contributed by atoms with Gasteiger partial charge in [-0.25, -0.2) is 0 Å². The standard InChI is InChI=1S/C15H19NO4/c17-15(12-4-7-18-10-12)16-9-11-2-3-13-14(8-11)20-6-1-5-19-13/h2-3,8,12H,1,4-7,9-10H2,(H,16,17). The zero-order valence-electron chi connectivity index (χ0n) is 11.4. The largest absolute Gasteiger partial charge is 0.490 e. The average Bonchev–Trinajstić information content (AvgIpc) is 2.90. The highest BCUT2D eigenvalue weighted by atomic mass is 16.5. The van der Waals surface area contributed by atoms with Crippen molar-refractivity contribution in [2.75, 3.05) is 26.4 Å². The number of carbonyl (C=O) groups is 1. The topological polar surface area (TPSA) is 56.8 Å². The average molecular weight is 277 g/mol. The van der Waals surface area contributed by atoms with Crippen LogP contribution in [0.4, 0.5) is 0 Å². The summed E-state index contributed by atoms with van der Waals surface area (Å²) in [5, 5.41) is 2.95. The molecule has 0 bridgehead atoms. The van der Waals surface area contributed by atoms with Crippen LogP contribution in [-0.2, 0) is 16.1 Å². The maximum absolute atomic E-state index is 11.9. The molecule has 0 aromatic heterocycles. The van der Waals surface area contributed by atoms with E-state index in [0.29, 0.717) is 33.0 Å². The van der Waals surface area contributed by atoms with E-state index in [4.69, 9.17) is 14.2 Å². The number of ether oxygens (including phenoxy) is 3. The smallest absolute Gasteiger partial charge is 0.225 e. The molecular formula is C15H19NO4. The van der Waals surface area contributed by atoms with Crippen LogP contribution in [0, 0.1) is 5.92 Å². The van der Waals surface area contributed by atoms with E-state index in [9.17, 15) is 4.79 Å². The molecule has 2 aliphatic rings. The molecule has 1 aromatic rings. The first-order chi connectivity index (χ1) is 9.83. The van der Waals surface area contributed by atoms with Crippen LogP contribution in [0.2, 0.25) is 0 Å². The van der Waals surface area contributed by atoms with Gasteiger partial charge in [0.1, 0.15) is 0 Å². The summed E-state index contributed by atoms with van der Waals surface area (Å²) in [6.07, 6.45) is 1.70. The maximum atomic E-state index is 11.9. The number of rotatable bonds is 3. The molecule has 0 aliphatic carbocycles. The maximum Gasteiger partial charge on any atom is 0.225 e. The second-order valence-corrected chi connectivity index (χ2v) is 5.11. The molecule has 2 heterocycles. The molecule has 1 amide bonds. The van der Waals surface area contributed by atoms with E-state index in [-0.39, 0.29) is 11.8 Å². The lowest BCUT2D eigenvalue weighted by Gasteiger charge is -2.12. The van der Waals surface area contributed by atoms with Crippen molar-refractivity contribution in [3.63, 3.8) is 0 Å². The van der Waals surface area contributed by atoms with Crippen LogP contribution in [0.5, 0.6) is 11.5 Å². The predicted molar refractivity (Wildman–Crippen MR) is 72.8 cm³/mol. The number of hydrogen-bond donors (Lipinski definition) is 1. The van der Waals surface area contributed by atoms with Crippen molar-refractivity contribution in [3.8, 4) is 11.5 Å². The Hall–Kier alpha value is -1.75. The van der Waals surface area contributed by atoms with Gasteiger partial charge in [-0.2, -0.15) is 0 Å². The first kappa shape index (κ1) is 13.2. The van der Waals surface area contributed by atoms with Gasteiger partial charge >= 0.3 is 0 Å². The van der Waals surface area contributed by atoms with Crippen molar-refractivity contribution in [2.24, 2.45) is 5.92 Å². The van der Waals surface area contributed by atoms with Crippen molar-refractivity contribution in [2.45, 2.75) is 19.4 Å². The fourth-order valence-electron chi connectivity index (χ4n) is 2.39. The van der Waals surface area contributed by atoms with Crippen molar-refractivity contribution in [1.82, 2.24) is 5.32 Å². The Morgan fingerprint density at radius 1 is 1.20 bits per heavy atom. The minimum absolute atomic E-state index is 0.00425. The lowest BCUT2D eigenvalue weighted by molar-refractivity contribution is -0.125. The summed E-state index contributed by atoms with van der Waals surface area (Å²) in [5.41, 5.74) is 1.02. The van der Waals surface area contributed by atoms with Gasteiger partial charge in [0.05, 0.1) is 25.7 Å².